The molecule has 2 aromatic carbocycles. The second-order valence-corrected chi connectivity index (χ2v) is 8.39. The summed E-state index contributed by atoms with van der Waals surface area (Å²) in [6, 6.07) is 11.2. The molecule has 0 spiro atoms. The molecule has 0 unspecified atom stereocenters. The molecule has 0 radical (unpaired) electrons. The number of nitrogens with one attached hydrogen (secondary N) is 1. The number of hydrogen-bond acceptors (Lipinski definition) is 5. The van der Waals surface area contributed by atoms with Crippen molar-refractivity contribution < 1.29 is 18.9 Å². The van der Waals surface area contributed by atoms with Crippen molar-refractivity contribution in [2.45, 2.75) is 45.2 Å². The Kier molecular flexibility index (Phi) is 8.99. The van der Waals surface area contributed by atoms with E-state index in [9.17, 15) is 24.1 Å². The zero-order valence-electron chi connectivity index (χ0n) is 17.7. The Bertz CT molecular complexity index is 904. The van der Waals surface area contributed by atoms with Crippen LogP contribution in [0.1, 0.15) is 31.9 Å². The molecule has 2 rings (SSSR count). The molecule has 7 nitrogen and oxygen atoms in total. The normalized spacial score (nSPS) is 11.8. The second-order valence-electron chi connectivity index (χ2n) is 7.40. The number of nitro benzene ring substituents is 1. The molecular formula is C22H26FN3O4S. The summed E-state index contributed by atoms with van der Waals surface area (Å²) in [4.78, 5) is 37.2. The predicted octanol–water partition coefficient (Wildman–Crippen LogP) is 3.91. The number of hydrogen-bond donors (Lipinski definition) is 1. The Morgan fingerprint density at radius 2 is 1.65 bits per heavy atom. The number of non-ortho nitro benzene ring substituents is 1. The van der Waals surface area contributed by atoms with E-state index in [0.29, 0.717) is 5.75 Å². The fourth-order valence-electron chi connectivity index (χ4n) is 2.83. The summed E-state index contributed by atoms with van der Waals surface area (Å²) in [5, 5.41) is 13.6. The van der Waals surface area contributed by atoms with Gasteiger partial charge in [-0.15, -0.1) is 11.8 Å². The first-order valence-corrected chi connectivity index (χ1v) is 11.0. The van der Waals surface area contributed by atoms with Crippen LogP contribution in [0.25, 0.3) is 0 Å². The van der Waals surface area contributed by atoms with Gasteiger partial charge in [0.25, 0.3) is 5.69 Å². The predicted molar refractivity (Wildman–Crippen MR) is 119 cm³/mol. The largest absolute Gasteiger partial charge is 0.352 e. The number of benzene rings is 2. The van der Waals surface area contributed by atoms with Gasteiger partial charge in [0, 0.05) is 30.5 Å². The lowest BCUT2D eigenvalue weighted by Gasteiger charge is -2.29. The summed E-state index contributed by atoms with van der Waals surface area (Å²) < 4.78 is 13.2. The van der Waals surface area contributed by atoms with E-state index < -0.39 is 11.0 Å². The second kappa shape index (κ2) is 11.5. The molecule has 1 N–H and O–H groups in total. The highest BCUT2D eigenvalue weighted by molar-refractivity contribution is 7.99. The average molecular weight is 448 g/mol. The van der Waals surface area contributed by atoms with Gasteiger partial charge in [-0.3, -0.25) is 19.7 Å². The molecule has 0 bridgehead atoms. The molecule has 1 atom stereocenters. The molecule has 31 heavy (non-hydrogen) atoms. The third-order valence-electron chi connectivity index (χ3n) is 4.51. The zero-order chi connectivity index (χ0) is 23.0. The number of carbonyl (C=O) groups is 2. The van der Waals surface area contributed by atoms with Gasteiger partial charge >= 0.3 is 0 Å². The van der Waals surface area contributed by atoms with Gasteiger partial charge in [-0.2, -0.15) is 0 Å². The van der Waals surface area contributed by atoms with Crippen molar-refractivity contribution in [3.63, 3.8) is 0 Å². The van der Waals surface area contributed by atoms with E-state index in [0.717, 1.165) is 11.1 Å². The number of nitro groups is 1. The lowest BCUT2D eigenvalue weighted by molar-refractivity contribution is -0.384. The standard InChI is InChI=1S/C22H26FN3O4S/c1-15(2)24-22(28)16(3)25(12-17-4-8-19(23)9-5-17)21(27)14-31-13-18-6-10-20(11-7-18)26(29)30/h4-11,15-16H,12-14H2,1-3H3,(H,24,28)/t16-/m0/s1. The number of nitrogens with zero attached hydrogens (tertiary/aromatic N) is 2. The minimum Gasteiger partial charge on any atom is -0.352 e. The molecule has 166 valence electrons. The summed E-state index contributed by atoms with van der Waals surface area (Å²) in [6.07, 6.45) is 0. The molecule has 0 heterocycles. The monoisotopic (exact) mass is 447 g/mol. The van der Waals surface area contributed by atoms with Crippen molar-refractivity contribution in [3.8, 4) is 0 Å². The number of rotatable bonds is 10. The van der Waals surface area contributed by atoms with Gasteiger partial charge in [-0.05, 0) is 44.0 Å². The highest BCUT2D eigenvalue weighted by Crippen LogP contribution is 2.18. The number of carbonyl (C=O) groups excluding carboxylic acids is 2. The lowest BCUT2D eigenvalue weighted by Crippen LogP contribution is -2.49. The molecule has 2 amide bonds. The summed E-state index contributed by atoms with van der Waals surface area (Å²) in [5.41, 5.74) is 1.60. The molecular weight excluding hydrogens is 421 g/mol. The molecule has 0 aromatic heterocycles. The summed E-state index contributed by atoms with van der Waals surface area (Å²) in [7, 11) is 0. The van der Waals surface area contributed by atoms with Crippen LogP contribution in [0.15, 0.2) is 48.5 Å². The smallest absolute Gasteiger partial charge is 0.269 e. The van der Waals surface area contributed by atoms with Gasteiger partial charge in [0.15, 0.2) is 0 Å². The van der Waals surface area contributed by atoms with Gasteiger partial charge in [-0.25, -0.2) is 4.39 Å². The lowest BCUT2D eigenvalue weighted by atomic mass is 10.1. The van der Waals surface area contributed by atoms with E-state index in [-0.39, 0.29) is 41.7 Å². The number of thioether (sulfide) groups is 1. The molecule has 0 saturated heterocycles. The van der Waals surface area contributed by atoms with Gasteiger partial charge in [0.05, 0.1) is 10.7 Å². The summed E-state index contributed by atoms with van der Waals surface area (Å²) >= 11 is 1.36. The van der Waals surface area contributed by atoms with Crippen molar-refractivity contribution in [1.29, 1.82) is 0 Å². The van der Waals surface area contributed by atoms with Crippen LogP contribution in [-0.2, 0) is 21.9 Å². The SMILES string of the molecule is CC(C)NC(=O)[C@H](C)N(Cc1ccc(F)cc1)C(=O)CSCc1ccc([N+](=O)[O-])cc1. The number of amides is 2. The van der Waals surface area contributed by atoms with Crippen molar-refractivity contribution in [2.24, 2.45) is 0 Å². The van der Waals surface area contributed by atoms with E-state index in [1.165, 1.54) is 40.9 Å². The first-order chi connectivity index (χ1) is 14.7. The number of halogens is 1. The minimum atomic E-state index is -0.695. The van der Waals surface area contributed by atoms with Crippen LogP contribution in [0.5, 0.6) is 0 Å². The van der Waals surface area contributed by atoms with E-state index in [4.69, 9.17) is 0 Å². The van der Waals surface area contributed by atoms with Crippen molar-refractivity contribution in [3.05, 3.63) is 75.6 Å². The Balaban J connectivity index is 2.04. The van der Waals surface area contributed by atoms with Crippen LogP contribution >= 0.6 is 11.8 Å². The van der Waals surface area contributed by atoms with Crippen LogP contribution in [-0.4, -0.2) is 39.5 Å². The minimum absolute atomic E-state index is 0.0142. The molecule has 0 aliphatic carbocycles. The quantitative estimate of drug-likeness (QED) is 0.440. The van der Waals surface area contributed by atoms with Crippen LogP contribution in [0.2, 0.25) is 0 Å². The first-order valence-electron chi connectivity index (χ1n) is 9.82. The third-order valence-corrected chi connectivity index (χ3v) is 5.49. The summed E-state index contributed by atoms with van der Waals surface area (Å²) in [5.74, 6) is -0.211. The Labute approximate surface area is 185 Å². The summed E-state index contributed by atoms with van der Waals surface area (Å²) in [6.45, 7) is 5.54. The van der Waals surface area contributed by atoms with Gasteiger partial charge < -0.3 is 10.2 Å². The molecule has 9 heteroatoms. The fraction of sp³-hybridized carbons (Fsp3) is 0.364. The first kappa shape index (κ1) is 24.3. The van der Waals surface area contributed by atoms with Crippen LogP contribution in [0.4, 0.5) is 10.1 Å². The van der Waals surface area contributed by atoms with Crippen LogP contribution in [0, 0.1) is 15.9 Å². The highest BCUT2D eigenvalue weighted by atomic mass is 32.2. The molecule has 0 aliphatic heterocycles. The topological polar surface area (TPSA) is 92.6 Å². The van der Waals surface area contributed by atoms with Crippen molar-refractivity contribution >= 4 is 29.3 Å². The fourth-order valence-corrected chi connectivity index (χ4v) is 3.70. The van der Waals surface area contributed by atoms with E-state index in [1.807, 2.05) is 13.8 Å². The third kappa shape index (κ3) is 7.67. The molecule has 0 fully saturated rings. The molecule has 0 saturated carbocycles. The van der Waals surface area contributed by atoms with Crippen molar-refractivity contribution in [1.82, 2.24) is 10.2 Å². The Morgan fingerprint density at radius 1 is 1.06 bits per heavy atom. The van der Waals surface area contributed by atoms with Crippen LogP contribution in [0.3, 0.4) is 0 Å². The maximum Gasteiger partial charge on any atom is 0.269 e. The maximum absolute atomic E-state index is 13.2. The van der Waals surface area contributed by atoms with Crippen LogP contribution < -0.4 is 5.32 Å². The Hall–Kier alpha value is -2.94. The van der Waals surface area contributed by atoms with Crippen molar-refractivity contribution in [2.75, 3.05) is 5.75 Å². The maximum atomic E-state index is 13.2. The average Bonchev–Trinajstić information content (AvgIpc) is 2.72. The Morgan fingerprint density at radius 3 is 2.19 bits per heavy atom. The van der Waals surface area contributed by atoms with E-state index in [1.54, 1.807) is 31.2 Å². The van der Waals surface area contributed by atoms with Gasteiger partial charge in [-0.1, -0.05) is 24.3 Å². The van der Waals surface area contributed by atoms with E-state index >= 15 is 0 Å². The van der Waals surface area contributed by atoms with Gasteiger partial charge in [0.2, 0.25) is 11.8 Å². The zero-order valence-corrected chi connectivity index (χ0v) is 18.5. The van der Waals surface area contributed by atoms with Gasteiger partial charge in [0.1, 0.15) is 11.9 Å². The van der Waals surface area contributed by atoms with E-state index in [2.05, 4.69) is 5.32 Å². The highest BCUT2D eigenvalue weighted by Gasteiger charge is 2.26. The molecule has 2 aromatic rings. The molecule has 0 aliphatic rings.